The van der Waals surface area contributed by atoms with Crippen molar-refractivity contribution in [2.45, 2.75) is 20.3 Å². The van der Waals surface area contributed by atoms with Gasteiger partial charge >= 0.3 is 0 Å². The van der Waals surface area contributed by atoms with Crippen molar-refractivity contribution in [3.05, 3.63) is 52.1 Å². The van der Waals surface area contributed by atoms with Crippen LogP contribution < -0.4 is 20.1 Å². The third kappa shape index (κ3) is 6.08. The molecular weight excluding hydrogens is 412 g/mol. The summed E-state index contributed by atoms with van der Waals surface area (Å²) in [7, 11) is -2.06. The van der Waals surface area contributed by atoms with E-state index in [0.29, 0.717) is 29.1 Å². The lowest BCUT2D eigenvalue weighted by Gasteiger charge is -2.15. The molecule has 0 atom stereocenters. The number of nitrogens with zero attached hydrogens (tertiary/aromatic N) is 1. The predicted octanol–water partition coefficient (Wildman–Crippen LogP) is 3.11. The Bertz CT molecular complexity index is 1040. The molecule has 0 saturated heterocycles. The van der Waals surface area contributed by atoms with Crippen molar-refractivity contribution in [3.63, 3.8) is 0 Å². The van der Waals surface area contributed by atoms with Gasteiger partial charge in [-0.1, -0.05) is 13.0 Å². The van der Waals surface area contributed by atoms with Crippen LogP contribution in [0.15, 0.2) is 36.4 Å². The van der Waals surface area contributed by atoms with Gasteiger partial charge in [-0.3, -0.25) is 19.6 Å². The van der Waals surface area contributed by atoms with Gasteiger partial charge in [-0.15, -0.1) is 0 Å². The zero-order valence-electron chi connectivity index (χ0n) is 16.9. The second kappa shape index (κ2) is 9.92. The molecule has 2 aromatic rings. The largest absolute Gasteiger partial charge is 0.496 e. The Hall–Kier alpha value is -3.34. The molecule has 0 saturated carbocycles. The van der Waals surface area contributed by atoms with E-state index in [4.69, 9.17) is 4.74 Å². The number of hydrogen-bond donors (Lipinski definition) is 3. The molecule has 3 N–H and O–H groups in total. The van der Waals surface area contributed by atoms with E-state index in [1.54, 1.807) is 32.0 Å². The summed E-state index contributed by atoms with van der Waals surface area (Å²) < 4.78 is 31.5. The zero-order chi connectivity index (χ0) is 22.3. The maximum Gasteiger partial charge on any atom is 0.296 e. The number of nitro groups is 1. The van der Waals surface area contributed by atoms with Crippen LogP contribution in [0.1, 0.15) is 18.9 Å². The van der Waals surface area contributed by atoms with E-state index in [2.05, 4.69) is 15.4 Å². The van der Waals surface area contributed by atoms with Crippen LogP contribution >= 0.6 is 0 Å². The van der Waals surface area contributed by atoms with E-state index < -0.39 is 20.9 Å². The molecule has 0 aromatic heterocycles. The second-order valence-electron chi connectivity index (χ2n) is 6.44. The van der Waals surface area contributed by atoms with Gasteiger partial charge in [0.15, 0.2) is 0 Å². The Kier molecular flexibility index (Phi) is 7.59. The molecule has 30 heavy (non-hydrogen) atoms. The molecule has 2 rings (SSSR count). The number of hydrogen-bond acceptors (Lipinski definition) is 7. The molecule has 11 heteroatoms. The summed E-state index contributed by atoms with van der Waals surface area (Å²) in [6.07, 6.45) is 0.490. The molecule has 0 bridgehead atoms. The molecule has 1 amide bonds. The van der Waals surface area contributed by atoms with Crippen LogP contribution in [0.2, 0.25) is 0 Å². The van der Waals surface area contributed by atoms with Gasteiger partial charge in [0, 0.05) is 5.69 Å². The molecule has 0 aliphatic carbocycles. The summed E-state index contributed by atoms with van der Waals surface area (Å²) in [5.74, 6) is -0.192. The van der Waals surface area contributed by atoms with E-state index >= 15 is 0 Å². The van der Waals surface area contributed by atoms with Crippen LogP contribution in [0, 0.1) is 17.0 Å². The normalized spacial score (nSPS) is 10.9. The lowest BCUT2D eigenvalue weighted by atomic mass is 10.1. The maximum absolute atomic E-state index is 12.3. The Morgan fingerprint density at radius 1 is 1.17 bits per heavy atom. The minimum atomic E-state index is -3.45. The fraction of sp³-hybridized carbons (Fsp3) is 0.316. The van der Waals surface area contributed by atoms with Crippen molar-refractivity contribution in [1.29, 1.82) is 0 Å². The zero-order valence-corrected chi connectivity index (χ0v) is 17.7. The number of methoxy groups -OCH3 is 1. The van der Waals surface area contributed by atoms with E-state index in [-0.39, 0.29) is 23.7 Å². The number of amides is 1. The molecule has 0 heterocycles. The third-order valence-corrected chi connectivity index (χ3v) is 5.66. The molecule has 0 radical (unpaired) electrons. The minimum Gasteiger partial charge on any atom is -0.496 e. The molecule has 2 aromatic carbocycles. The maximum atomic E-state index is 12.3. The summed E-state index contributed by atoms with van der Waals surface area (Å²) in [6, 6.07) is 9.12. The van der Waals surface area contributed by atoms with Gasteiger partial charge < -0.3 is 15.4 Å². The fourth-order valence-electron chi connectivity index (χ4n) is 2.69. The Balaban J connectivity index is 2.09. The molecule has 162 valence electrons. The lowest BCUT2D eigenvalue weighted by molar-refractivity contribution is -0.384. The van der Waals surface area contributed by atoms with E-state index in [1.807, 2.05) is 0 Å². The van der Waals surface area contributed by atoms with Crippen LogP contribution in [-0.2, 0) is 14.8 Å². The van der Waals surface area contributed by atoms with E-state index in [0.717, 1.165) is 0 Å². The van der Waals surface area contributed by atoms with Crippen molar-refractivity contribution < 1.29 is 22.9 Å². The van der Waals surface area contributed by atoms with E-state index in [1.165, 1.54) is 25.3 Å². The first-order valence-electron chi connectivity index (χ1n) is 9.13. The number of carbonyl (C=O) groups excluding carboxylic acids is 1. The monoisotopic (exact) mass is 436 g/mol. The highest BCUT2D eigenvalue weighted by atomic mass is 32.2. The Labute approximate surface area is 174 Å². The number of rotatable bonds is 10. The summed E-state index contributed by atoms with van der Waals surface area (Å²) in [6.45, 7) is 3.32. The topological polar surface area (TPSA) is 140 Å². The van der Waals surface area contributed by atoms with Gasteiger partial charge in [-0.2, -0.15) is 0 Å². The Morgan fingerprint density at radius 2 is 1.87 bits per heavy atom. The Morgan fingerprint density at radius 3 is 2.50 bits per heavy atom. The van der Waals surface area contributed by atoms with Crippen LogP contribution in [-0.4, -0.2) is 38.7 Å². The summed E-state index contributed by atoms with van der Waals surface area (Å²) >= 11 is 0. The first-order chi connectivity index (χ1) is 14.2. The van der Waals surface area contributed by atoms with Gasteiger partial charge in [-0.25, -0.2) is 8.42 Å². The van der Waals surface area contributed by atoms with Gasteiger partial charge in [0.25, 0.3) is 5.69 Å². The first kappa shape index (κ1) is 22.9. The fourth-order valence-corrected chi connectivity index (χ4v) is 3.89. The summed E-state index contributed by atoms with van der Waals surface area (Å²) in [5.41, 5.74) is 1.36. The van der Waals surface area contributed by atoms with Gasteiger partial charge in [0.1, 0.15) is 11.4 Å². The molecule has 10 nitrogen and oxygen atoms in total. The number of benzene rings is 2. The molecule has 0 unspecified atom stereocenters. The van der Waals surface area contributed by atoms with Crippen LogP contribution in [0.4, 0.5) is 22.7 Å². The highest BCUT2D eigenvalue weighted by Crippen LogP contribution is 2.29. The van der Waals surface area contributed by atoms with Crippen molar-refractivity contribution in [2.75, 3.05) is 34.8 Å². The van der Waals surface area contributed by atoms with Crippen LogP contribution in [0.5, 0.6) is 5.75 Å². The molecule has 0 spiro atoms. The number of anilines is 3. The van der Waals surface area contributed by atoms with Gasteiger partial charge in [0.05, 0.1) is 36.1 Å². The average molecular weight is 436 g/mol. The number of nitrogens with one attached hydrogen (secondary N) is 3. The van der Waals surface area contributed by atoms with Gasteiger partial charge in [0.2, 0.25) is 15.9 Å². The quantitative estimate of drug-likeness (QED) is 0.384. The molecule has 0 aliphatic rings. The summed E-state index contributed by atoms with van der Waals surface area (Å²) in [4.78, 5) is 22.9. The minimum absolute atomic E-state index is 0.00709. The van der Waals surface area contributed by atoms with Crippen molar-refractivity contribution in [1.82, 2.24) is 0 Å². The molecule has 0 aliphatic heterocycles. The van der Waals surface area contributed by atoms with Crippen molar-refractivity contribution in [2.24, 2.45) is 0 Å². The number of sulfonamides is 1. The van der Waals surface area contributed by atoms with Crippen molar-refractivity contribution >= 4 is 38.7 Å². The van der Waals surface area contributed by atoms with Gasteiger partial charge in [-0.05, 0) is 43.2 Å². The van der Waals surface area contributed by atoms with Crippen molar-refractivity contribution in [3.8, 4) is 5.75 Å². The molecular formula is C19H24N4O6S. The molecule has 0 fully saturated rings. The lowest BCUT2D eigenvalue weighted by Crippen LogP contribution is -2.23. The number of ether oxygens (including phenoxy) is 1. The first-order valence-corrected chi connectivity index (χ1v) is 10.8. The second-order valence-corrected chi connectivity index (χ2v) is 8.28. The van der Waals surface area contributed by atoms with E-state index in [9.17, 15) is 23.3 Å². The van der Waals surface area contributed by atoms with Crippen LogP contribution in [0.3, 0.4) is 0 Å². The number of carbonyl (C=O) groups is 1. The number of nitro benzene ring substituents is 1. The SMILES string of the molecule is CCCS(=O)(=O)Nc1cccc(NCC(=O)Nc2ccc(OC)cc2[N+](=O)[O-])c1C. The smallest absolute Gasteiger partial charge is 0.296 e. The van der Waals surface area contributed by atoms with Crippen LogP contribution in [0.25, 0.3) is 0 Å². The standard InChI is InChI=1S/C19H24N4O6S/c1-4-10-30(27,28)22-16-7-5-6-15(13(16)2)20-12-19(24)21-17-9-8-14(29-3)11-18(17)23(25)26/h5-9,11,20,22H,4,10,12H2,1-3H3,(H,21,24). The predicted molar refractivity (Wildman–Crippen MR) is 116 cm³/mol. The highest BCUT2D eigenvalue weighted by molar-refractivity contribution is 7.92. The third-order valence-electron chi connectivity index (χ3n) is 4.19. The highest BCUT2D eigenvalue weighted by Gasteiger charge is 2.18. The summed E-state index contributed by atoms with van der Waals surface area (Å²) in [5, 5.41) is 16.6. The average Bonchev–Trinajstić information content (AvgIpc) is 2.68.